The molecule has 1 fully saturated rings. The van der Waals surface area contributed by atoms with Crippen LogP contribution in [0.15, 0.2) is 18.2 Å². The molecule has 15 heavy (non-hydrogen) atoms. The topological polar surface area (TPSA) is 0 Å². The summed E-state index contributed by atoms with van der Waals surface area (Å²) in [6.45, 7) is 2.13. The average Bonchev–Trinajstić information content (AvgIpc) is 2.60. The largest absolute Gasteiger partial charge is 0.207 e. The molecule has 0 nitrogen and oxygen atoms in total. The zero-order valence-electron chi connectivity index (χ0n) is 9.02. The van der Waals surface area contributed by atoms with Gasteiger partial charge in [-0.15, -0.1) is 0 Å². The van der Waals surface area contributed by atoms with Crippen LogP contribution < -0.4 is 0 Å². The standard InChI is InChI=1S/C13H16F2/c1-13(7-2-3-8-13)9-10-11(14)5-4-6-12(10)15/h4-6H,2-3,7-9H2,1H3. The summed E-state index contributed by atoms with van der Waals surface area (Å²) in [6, 6.07) is 4.11. The molecule has 0 bridgehead atoms. The molecule has 1 aromatic rings. The van der Waals surface area contributed by atoms with Gasteiger partial charge < -0.3 is 0 Å². The Balaban J connectivity index is 2.23. The second-order valence-electron chi connectivity index (χ2n) is 4.89. The van der Waals surface area contributed by atoms with E-state index in [1.54, 1.807) is 0 Å². The van der Waals surface area contributed by atoms with E-state index in [2.05, 4.69) is 6.92 Å². The van der Waals surface area contributed by atoms with E-state index in [0.717, 1.165) is 12.8 Å². The van der Waals surface area contributed by atoms with Crippen LogP contribution in [0.1, 0.15) is 38.2 Å². The number of rotatable bonds is 2. The normalized spacial score (nSPS) is 19.4. The van der Waals surface area contributed by atoms with Gasteiger partial charge in [-0.3, -0.25) is 0 Å². The van der Waals surface area contributed by atoms with Crippen LogP contribution in [-0.4, -0.2) is 0 Å². The van der Waals surface area contributed by atoms with E-state index in [9.17, 15) is 8.78 Å². The van der Waals surface area contributed by atoms with Gasteiger partial charge in [-0.2, -0.15) is 0 Å². The van der Waals surface area contributed by atoms with Crippen LogP contribution in [0.25, 0.3) is 0 Å². The molecule has 1 aliphatic carbocycles. The highest BCUT2D eigenvalue weighted by molar-refractivity contribution is 5.21. The lowest BCUT2D eigenvalue weighted by atomic mass is 9.82. The zero-order chi connectivity index (χ0) is 10.9. The summed E-state index contributed by atoms with van der Waals surface area (Å²) in [6.07, 6.45) is 5.08. The van der Waals surface area contributed by atoms with Crippen LogP contribution in [0, 0.1) is 17.0 Å². The Morgan fingerprint density at radius 1 is 1.13 bits per heavy atom. The zero-order valence-corrected chi connectivity index (χ0v) is 9.02. The van der Waals surface area contributed by atoms with E-state index < -0.39 is 11.6 Å². The molecular weight excluding hydrogens is 194 g/mol. The van der Waals surface area contributed by atoms with Crippen molar-refractivity contribution in [2.75, 3.05) is 0 Å². The fourth-order valence-electron chi connectivity index (χ4n) is 2.53. The first-order valence-corrected chi connectivity index (χ1v) is 5.54. The van der Waals surface area contributed by atoms with Gasteiger partial charge in [0.2, 0.25) is 0 Å². The summed E-state index contributed by atoms with van der Waals surface area (Å²) in [4.78, 5) is 0. The van der Waals surface area contributed by atoms with Gasteiger partial charge in [0.1, 0.15) is 11.6 Å². The molecule has 1 saturated carbocycles. The smallest absolute Gasteiger partial charge is 0.129 e. The molecular formula is C13H16F2. The maximum atomic E-state index is 13.4. The molecule has 82 valence electrons. The van der Waals surface area contributed by atoms with Crippen molar-refractivity contribution in [2.24, 2.45) is 5.41 Å². The van der Waals surface area contributed by atoms with Crippen LogP contribution >= 0.6 is 0 Å². The highest BCUT2D eigenvalue weighted by Gasteiger charge is 2.30. The van der Waals surface area contributed by atoms with E-state index >= 15 is 0 Å². The second-order valence-corrected chi connectivity index (χ2v) is 4.89. The molecule has 0 heterocycles. The van der Waals surface area contributed by atoms with Gasteiger partial charge in [0.15, 0.2) is 0 Å². The minimum Gasteiger partial charge on any atom is -0.207 e. The number of benzene rings is 1. The van der Waals surface area contributed by atoms with E-state index in [-0.39, 0.29) is 11.0 Å². The molecule has 0 N–H and O–H groups in total. The number of hydrogen-bond acceptors (Lipinski definition) is 0. The van der Waals surface area contributed by atoms with Crippen molar-refractivity contribution in [3.63, 3.8) is 0 Å². The molecule has 2 heteroatoms. The first-order valence-electron chi connectivity index (χ1n) is 5.54. The van der Waals surface area contributed by atoms with E-state index in [1.165, 1.54) is 31.0 Å². The van der Waals surface area contributed by atoms with Crippen LogP contribution in [0.4, 0.5) is 8.78 Å². The lowest BCUT2D eigenvalue weighted by molar-refractivity contribution is 0.323. The molecule has 0 unspecified atom stereocenters. The predicted octanol–water partition coefficient (Wildman–Crippen LogP) is 4.09. The molecule has 0 aliphatic heterocycles. The molecule has 2 rings (SSSR count). The molecule has 0 amide bonds. The van der Waals surface area contributed by atoms with Crippen LogP contribution in [0.5, 0.6) is 0 Å². The van der Waals surface area contributed by atoms with Crippen molar-refractivity contribution in [3.8, 4) is 0 Å². The number of halogens is 2. The lowest BCUT2D eigenvalue weighted by Gasteiger charge is -2.23. The Labute approximate surface area is 89.3 Å². The third-order valence-electron chi connectivity index (χ3n) is 3.48. The molecule has 1 aliphatic rings. The second kappa shape index (κ2) is 3.92. The minimum atomic E-state index is -0.400. The number of hydrogen-bond donors (Lipinski definition) is 0. The Morgan fingerprint density at radius 2 is 1.67 bits per heavy atom. The van der Waals surface area contributed by atoms with Crippen LogP contribution in [0.3, 0.4) is 0 Å². The molecule has 0 spiro atoms. The Morgan fingerprint density at radius 3 is 2.20 bits per heavy atom. The van der Waals surface area contributed by atoms with Crippen LogP contribution in [-0.2, 0) is 6.42 Å². The lowest BCUT2D eigenvalue weighted by Crippen LogP contribution is -2.16. The molecule has 0 saturated heterocycles. The fraction of sp³-hybridized carbons (Fsp3) is 0.538. The van der Waals surface area contributed by atoms with Gasteiger partial charge in [0.25, 0.3) is 0 Å². The predicted molar refractivity (Wildman–Crippen MR) is 56.6 cm³/mol. The summed E-state index contributed by atoms with van der Waals surface area (Å²) < 4.78 is 26.9. The first kappa shape index (κ1) is 10.6. The molecule has 0 aromatic heterocycles. The highest BCUT2D eigenvalue weighted by atomic mass is 19.1. The van der Waals surface area contributed by atoms with Gasteiger partial charge >= 0.3 is 0 Å². The SMILES string of the molecule is CC1(Cc2c(F)cccc2F)CCCC1. The quantitative estimate of drug-likeness (QED) is 0.689. The van der Waals surface area contributed by atoms with Crippen LogP contribution in [0.2, 0.25) is 0 Å². The maximum Gasteiger partial charge on any atom is 0.129 e. The van der Waals surface area contributed by atoms with Crippen molar-refractivity contribution in [1.82, 2.24) is 0 Å². The molecule has 0 radical (unpaired) electrons. The van der Waals surface area contributed by atoms with Gasteiger partial charge in [-0.1, -0.05) is 25.8 Å². The third kappa shape index (κ3) is 2.19. The average molecular weight is 210 g/mol. The molecule has 0 atom stereocenters. The van der Waals surface area contributed by atoms with Gasteiger partial charge in [0.05, 0.1) is 0 Å². The summed E-state index contributed by atoms with van der Waals surface area (Å²) in [5.41, 5.74) is 0.366. The first-order chi connectivity index (χ1) is 7.11. The minimum absolute atomic E-state index is 0.100. The van der Waals surface area contributed by atoms with Crippen molar-refractivity contribution in [3.05, 3.63) is 35.4 Å². The van der Waals surface area contributed by atoms with Crippen molar-refractivity contribution >= 4 is 0 Å². The highest BCUT2D eigenvalue weighted by Crippen LogP contribution is 2.41. The Bertz CT molecular complexity index is 331. The summed E-state index contributed by atoms with van der Waals surface area (Å²) in [5, 5.41) is 0. The van der Waals surface area contributed by atoms with E-state index in [0.29, 0.717) is 6.42 Å². The van der Waals surface area contributed by atoms with Crippen molar-refractivity contribution in [1.29, 1.82) is 0 Å². The van der Waals surface area contributed by atoms with Gasteiger partial charge in [-0.05, 0) is 36.8 Å². The summed E-state index contributed by atoms with van der Waals surface area (Å²) >= 11 is 0. The summed E-state index contributed by atoms with van der Waals surface area (Å²) in [7, 11) is 0. The Hall–Kier alpha value is -0.920. The maximum absolute atomic E-state index is 13.4. The van der Waals surface area contributed by atoms with Gasteiger partial charge in [-0.25, -0.2) is 8.78 Å². The van der Waals surface area contributed by atoms with Gasteiger partial charge in [0, 0.05) is 5.56 Å². The van der Waals surface area contributed by atoms with Crippen molar-refractivity contribution < 1.29 is 8.78 Å². The summed E-state index contributed by atoms with van der Waals surface area (Å²) in [5.74, 6) is -0.800. The van der Waals surface area contributed by atoms with E-state index in [1.807, 2.05) is 0 Å². The van der Waals surface area contributed by atoms with Crippen molar-refractivity contribution in [2.45, 2.75) is 39.0 Å². The monoisotopic (exact) mass is 210 g/mol. The fourth-order valence-corrected chi connectivity index (χ4v) is 2.53. The van der Waals surface area contributed by atoms with E-state index in [4.69, 9.17) is 0 Å². The Kier molecular flexibility index (Phi) is 2.76. The third-order valence-corrected chi connectivity index (χ3v) is 3.48. The molecule has 1 aromatic carbocycles.